The highest BCUT2D eigenvalue weighted by Gasteiger charge is 2.53. The van der Waals surface area contributed by atoms with Crippen LogP contribution in [0.3, 0.4) is 0 Å². The Morgan fingerprint density at radius 2 is 2.13 bits per heavy atom. The summed E-state index contributed by atoms with van der Waals surface area (Å²) in [5.41, 5.74) is 6.34. The van der Waals surface area contributed by atoms with Crippen LogP contribution in [-0.2, 0) is 26.2 Å². The molecule has 14 nitrogen and oxygen atoms in total. The zero-order valence-corrected chi connectivity index (χ0v) is 20.9. The number of nitrogens with two attached hydrogens (primary N) is 1. The van der Waals surface area contributed by atoms with Crippen molar-refractivity contribution in [2.75, 3.05) is 17.2 Å². The highest BCUT2D eigenvalue weighted by atomic mass is 32.1. The fourth-order valence-electron chi connectivity index (χ4n) is 4.90. The Hall–Kier alpha value is -4.66. The Labute approximate surface area is 219 Å². The summed E-state index contributed by atoms with van der Waals surface area (Å²) in [6.07, 6.45) is 6.32. The molecule has 2 atom stereocenters. The molecule has 2 fully saturated rings. The number of carboxylic acids is 1. The molecular weight excluding hydrogens is 516 g/mol. The quantitative estimate of drug-likeness (QED) is 0.0918. The number of nitrogen functional groups attached to an aromatic ring is 1. The number of hydrogen-bond donors (Lipinski definition) is 4. The molecular formula is C23H23N8O6S+. The summed E-state index contributed by atoms with van der Waals surface area (Å²) in [5, 5.41) is 24.7. The molecule has 3 aliphatic rings. The first kappa shape index (κ1) is 25.0. The summed E-state index contributed by atoms with van der Waals surface area (Å²) in [7, 11) is 1.85. The van der Waals surface area contributed by atoms with E-state index in [4.69, 9.17) is 5.73 Å². The van der Waals surface area contributed by atoms with E-state index in [1.807, 2.05) is 36.1 Å². The van der Waals surface area contributed by atoms with Gasteiger partial charge in [0.05, 0.1) is 6.04 Å². The smallest absolute Gasteiger partial charge is 0.352 e. The van der Waals surface area contributed by atoms with Crippen LogP contribution >= 0.6 is 11.5 Å². The molecule has 3 aliphatic heterocycles. The van der Waals surface area contributed by atoms with Crippen molar-refractivity contribution in [3.8, 4) is 0 Å². The number of carboxylic acid groups (broad SMARTS) is 1. The average molecular weight is 540 g/mol. The second kappa shape index (κ2) is 9.66. The second-order valence-corrected chi connectivity index (χ2v) is 9.74. The van der Waals surface area contributed by atoms with Crippen LogP contribution < -0.4 is 20.5 Å². The molecule has 0 spiro atoms. The number of amides is 3. The maximum Gasteiger partial charge on any atom is 0.352 e. The third-order valence-electron chi connectivity index (χ3n) is 6.64. The van der Waals surface area contributed by atoms with E-state index < -0.39 is 35.6 Å². The van der Waals surface area contributed by atoms with Crippen molar-refractivity contribution < 1.29 is 34.1 Å². The molecule has 0 radical (unpaired) electrons. The van der Waals surface area contributed by atoms with Crippen LogP contribution in [0.4, 0.5) is 10.8 Å². The normalized spacial score (nSPS) is 22.6. The lowest BCUT2D eigenvalue weighted by Crippen LogP contribution is -2.72. The first-order valence-electron chi connectivity index (χ1n) is 11.6. The second-order valence-electron chi connectivity index (χ2n) is 8.95. The minimum atomic E-state index is -1.31. The first-order chi connectivity index (χ1) is 18.2. The lowest BCUT2D eigenvalue weighted by molar-refractivity contribution is -0.670. The van der Waals surface area contributed by atoms with E-state index >= 15 is 0 Å². The van der Waals surface area contributed by atoms with Gasteiger partial charge in [0.2, 0.25) is 11.5 Å². The Balaban J connectivity index is 1.35. The minimum absolute atomic E-state index is 0.0617. The number of pyridine rings is 1. The van der Waals surface area contributed by atoms with Crippen molar-refractivity contribution in [2.45, 2.75) is 31.3 Å². The number of carbonyl (C=O) groups is 4. The molecule has 0 aromatic carbocycles. The van der Waals surface area contributed by atoms with E-state index in [1.165, 1.54) is 0 Å². The molecule has 3 amide bonds. The molecule has 2 aromatic heterocycles. The number of fused-ring (bicyclic) bond motifs is 1. The molecule has 0 aliphatic carbocycles. The van der Waals surface area contributed by atoms with Gasteiger partial charge in [0, 0.05) is 29.7 Å². The van der Waals surface area contributed by atoms with Crippen molar-refractivity contribution in [3.63, 3.8) is 0 Å². The number of anilines is 2. The lowest BCUT2D eigenvalue weighted by atomic mass is 9.83. The number of allylic oxidation sites excluding steroid dienone is 2. The SMILES string of the molecule is C[n+]1cccc(N2CC/C(=C\C3=C(C(=O)O)N4C(=O)[C@@H](NC(=O)/C(=N\O)c5nsc(N)n5)[C@H]4CC3)C2=O)c1. The largest absolute Gasteiger partial charge is 0.477 e. The molecule has 5 heterocycles. The summed E-state index contributed by atoms with van der Waals surface area (Å²) in [6.45, 7) is 0.456. The number of carbonyl (C=O) groups excluding carboxylic acids is 3. The summed E-state index contributed by atoms with van der Waals surface area (Å²) >= 11 is 0.804. The zero-order chi connectivity index (χ0) is 27.1. The summed E-state index contributed by atoms with van der Waals surface area (Å²) in [5.74, 6) is -3.25. The predicted molar refractivity (Wildman–Crippen MR) is 132 cm³/mol. The van der Waals surface area contributed by atoms with Crippen molar-refractivity contribution >= 4 is 51.8 Å². The molecule has 0 unspecified atom stereocenters. The molecule has 15 heteroatoms. The van der Waals surface area contributed by atoms with Gasteiger partial charge in [-0.25, -0.2) is 9.36 Å². The Morgan fingerprint density at radius 3 is 2.79 bits per heavy atom. The fraction of sp³-hybridized carbons (Fsp3) is 0.304. The summed E-state index contributed by atoms with van der Waals surface area (Å²) in [4.78, 5) is 57.5. The van der Waals surface area contributed by atoms with Crippen LogP contribution in [0, 0.1) is 0 Å². The maximum absolute atomic E-state index is 13.1. The lowest BCUT2D eigenvalue weighted by Gasteiger charge is -2.50. The Kier molecular flexibility index (Phi) is 6.36. The van der Waals surface area contributed by atoms with Gasteiger partial charge >= 0.3 is 5.97 Å². The molecule has 2 aromatic rings. The predicted octanol–water partition coefficient (Wildman–Crippen LogP) is -0.685. The van der Waals surface area contributed by atoms with E-state index in [1.54, 1.807) is 11.0 Å². The first-order valence-corrected chi connectivity index (χ1v) is 12.4. The van der Waals surface area contributed by atoms with Gasteiger partial charge in [-0.2, -0.15) is 9.36 Å². The molecule has 5 rings (SSSR count). The number of aliphatic carboxylic acids is 1. The molecule has 38 heavy (non-hydrogen) atoms. The zero-order valence-electron chi connectivity index (χ0n) is 20.1. The van der Waals surface area contributed by atoms with Crippen molar-refractivity contribution in [1.82, 2.24) is 19.6 Å². The number of oxime groups is 1. The van der Waals surface area contributed by atoms with Gasteiger partial charge in [0.15, 0.2) is 17.5 Å². The van der Waals surface area contributed by atoms with Crippen LogP contribution in [0.5, 0.6) is 0 Å². The van der Waals surface area contributed by atoms with Gasteiger partial charge in [0.1, 0.15) is 24.5 Å². The third-order valence-corrected chi connectivity index (χ3v) is 7.18. The van der Waals surface area contributed by atoms with Crippen molar-refractivity contribution in [3.05, 3.63) is 53.3 Å². The van der Waals surface area contributed by atoms with Crippen LogP contribution in [-0.4, -0.2) is 72.6 Å². The minimum Gasteiger partial charge on any atom is -0.477 e. The molecule has 0 saturated carbocycles. The van der Waals surface area contributed by atoms with Crippen LogP contribution in [0.2, 0.25) is 0 Å². The van der Waals surface area contributed by atoms with Gasteiger partial charge in [-0.1, -0.05) is 5.16 Å². The topological polar surface area (TPSA) is 195 Å². The van der Waals surface area contributed by atoms with E-state index in [2.05, 4.69) is 19.8 Å². The summed E-state index contributed by atoms with van der Waals surface area (Å²) < 4.78 is 5.66. The molecule has 196 valence electrons. The number of aromatic nitrogens is 3. The van der Waals surface area contributed by atoms with Crippen molar-refractivity contribution in [2.24, 2.45) is 12.2 Å². The highest BCUT2D eigenvalue weighted by Crippen LogP contribution is 2.38. The van der Waals surface area contributed by atoms with Crippen LogP contribution in [0.1, 0.15) is 25.1 Å². The fourth-order valence-corrected chi connectivity index (χ4v) is 5.34. The molecule has 5 N–H and O–H groups in total. The number of hydrogen-bond acceptors (Lipinski definition) is 10. The summed E-state index contributed by atoms with van der Waals surface area (Å²) in [6, 6.07) is 2.02. The monoisotopic (exact) mass is 539 g/mol. The van der Waals surface area contributed by atoms with Crippen LogP contribution in [0.15, 0.2) is 52.6 Å². The standard InChI is InChI=1S/C23H22N8O6S/c1-29-7-2-3-13(10-29)30-8-6-12(20(30)33)9-11-4-5-14-15(21(34)31(14)17(11)22(35)36)25-19(32)16(27-37)18-26-23(24)38-28-18/h2-3,7,9-10,14-15H,4-6,8H2,1H3,(H4-,24,25,26,28,32,35,36,37)/p+1/b12-9+/t14-,15+/m1/s1. The maximum atomic E-state index is 13.1. The van der Waals surface area contributed by atoms with E-state index in [-0.39, 0.29) is 29.0 Å². The van der Waals surface area contributed by atoms with Gasteiger partial charge in [-0.15, -0.1) is 0 Å². The van der Waals surface area contributed by atoms with E-state index in [0.29, 0.717) is 30.5 Å². The van der Waals surface area contributed by atoms with E-state index in [0.717, 1.165) is 22.1 Å². The van der Waals surface area contributed by atoms with Gasteiger partial charge in [0.25, 0.3) is 17.7 Å². The highest BCUT2D eigenvalue weighted by molar-refractivity contribution is 7.09. The average Bonchev–Trinajstić information content (AvgIpc) is 3.47. The molecule has 2 saturated heterocycles. The molecule has 0 bridgehead atoms. The van der Waals surface area contributed by atoms with E-state index in [9.17, 15) is 29.5 Å². The van der Waals surface area contributed by atoms with Gasteiger partial charge in [-0.05, 0) is 37.0 Å². The van der Waals surface area contributed by atoms with Gasteiger partial charge < -0.3 is 26.3 Å². The Bertz CT molecular complexity index is 1460. The Morgan fingerprint density at radius 1 is 1.34 bits per heavy atom. The number of nitrogens with one attached hydrogen (secondary N) is 1. The van der Waals surface area contributed by atoms with Crippen LogP contribution in [0.25, 0.3) is 0 Å². The number of β-lactam (4-membered cyclic amide) rings is 1. The van der Waals surface area contributed by atoms with Gasteiger partial charge in [-0.3, -0.25) is 19.3 Å². The number of nitrogens with zero attached hydrogens (tertiary/aromatic N) is 6. The number of rotatable bonds is 6. The van der Waals surface area contributed by atoms with Crippen molar-refractivity contribution in [1.29, 1.82) is 0 Å². The number of aryl methyl sites for hydroxylation is 1. The third kappa shape index (κ3) is 4.26.